The lowest BCUT2D eigenvalue weighted by Gasteiger charge is -2.41. The molecule has 166 valence electrons. The molecule has 0 aromatic rings. The first kappa shape index (κ1) is 25.4. The zero-order valence-electron chi connectivity index (χ0n) is 18.9. The molecule has 0 aliphatic carbocycles. The molecule has 0 aromatic carbocycles. The van der Waals surface area contributed by atoms with Gasteiger partial charge in [0.05, 0.1) is 7.11 Å². The Balaban J connectivity index is 1.91. The first-order valence-electron chi connectivity index (χ1n) is 11.6. The number of ether oxygens (including phenoxy) is 2. The van der Waals surface area contributed by atoms with Crippen LogP contribution in [0.4, 0.5) is 0 Å². The Morgan fingerprint density at radius 3 is 1.79 bits per heavy atom. The van der Waals surface area contributed by atoms with Crippen molar-refractivity contribution in [2.24, 2.45) is 0 Å². The van der Waals surface area contributed by atoms with Crippen LogP contribution >= 0.6 is 0 Å². The van der Waals surface area contributed by atoms with E-state index >= 15 is 0 Å². The predicted octanol–water partition coefficient (Wildman–Crippen LogP) is 4.92. The third-order valence-electron chi connectivity index (χ3n) is 6.25. The summed E-state index contributed by atoms with van der Waals surface area (Å²) in [7, 11) is 1.45. The van der Waals surface area contributed by atoms with E-state index in [4.69, 9.17) is 4.74 Å². The second-order valence-corrected chi connectivity index (χ2v) is 9.17. The summed E-state index contributed by atoms with van der Waals surface area (Å²) < 4.78 is 10.6. The number of nitrogens with one attached hydrogen (secondary N) is 1. The lowest BCUT2D eigenvalue weighted by Crippen LogP contribution is -3.20. The van der Waals surface area contributed by atoms with Gasteiger partial charge in [-0.25, -0.2) is 0 Å². The van der Waals surface area contributed by atoms with Crippen LogP contribution in [-0.4, -0.2) is 30.9 Å². The van der Waals surface area contributed by atoms with Crippen LogP contribution in [0.2, 0.25) is 0 Å². The molecule has 0 saturated carbocycles. The predicted molar refractivity (Wildman–Crippen MR) is 114 cm³/mol. The van der Waals surface area contributed by atoms with E-state index in [-0.39, 0.29) is 11.5 Å². The van der Waals surface area contributed by atoms with Gasteiger partial charge in [0.2, 0.25) is 5.72 Å². The normalized spacial score (nSPS) is 23.8. The number of carbonyl (C=O) groups excluding carboxylic acids is 1. The first-order chi connectivity index (χ1) is 13.4. The van der Waals surface area contributed by atoms with Crippen LogP contribution in [0.3, 0.4) is 0 Å². The Morgan fingerprint density at radius 1 is 0.929 bits per heavy atom. The second kappa shape index (κ2) is 13.6. The van der Waals surface area contributed by atoms with Crippen molar-refractivity contribution in [1.29, 1.82) is 0 Å². The topological polar surface area (TPSA) is 63.0 Å². The number of methoxy groups -OCH3 is 1. The van der Waals surface area contributed by atoms with Crippen molar-refractivity contribution in [3.63, 3.8) is 0 Å². The summed E-state index contributed by atoms with van der Waals surface area (Å²) in [6.07, 6.45) is 17.0. The molecule has 28 heavy (non-hydrogen) atoms. The molecular formula is C23H45NO4. The summed E-state index contributed by atoms with van der Waals surface area (Å²) in [6.45, 7) is 6.67. The van der Waals surface area contributed by atoms with E-state index in [1.807, 2.05) is 13.8 Å². The van der Waals surface area contributed by atoms with Crippen LogP contribution in [0.5, 0.6) is 0 Å². The van der Waals surface area contributed by atoms with Gasteiger partial charge in [-0.05, 0) is 26.7 Å². The molecule has 0 spiro atoms. The molecule has 1 heterocycles. The van der Waals surface area contributed by atoms with E-state index < -0.39 is 5.72 Å². The number of hydroxylamine groups is 2. The van der Waals surface area contributed by atoms with Gasteiger partial charge in [-0.3, -0.25) is 4.79 Å². The fourth-order valence-electron chi connectivity index (χ4n) is 4.24. The lowest BCUT2D eigenvalue weighted by atomic mass is 9.98. The Morgan fingerprint density at radius 2 is 1.39 bits per heavy atom. The highest BCUT2D eigenvalue weighted by Gasteiger charge is 2.50. The van der Waals surface area contributed by atoms with Crippen LogP contribution in [0, 0.1) is 5.21 Å². The van der Waals surface area contributed by atoms with Gasteiger partial charge in [-0.1, -0.05) is 71.1 Å². The van der Waals surface area contributed by atoms with E-state index in [2.05, 4.69) is 11.7 Å². The molecule has 1 aliphatic rings. The summed E-state index contributed by atoms with van der Waals surface area (Å²) in [5, 5.41) is 12.9. The van der Waals surface area contributed by atoms with Gasteiger partial charge in [0, 0.05) is 19.3 Å². The van der Waals surface area contributed by atoms with Gasteiger partial charge in [-0.2, -0.15) is 0 Å². The van der Waals surface area contributed by atoms with Gasteiger partial charge in [0.15, 0.2) is 0 Å². The molecule has 2 atom stereocenters. The lowest BCUT2D eigenvalue weighted by molar-refractivity contribution is -0.950. The second-order valence-electron chi connectivity index (χ2n) is 9.17. The number of esters is 1. The van der Waals surface area contributed by atoms with Gasteiger partial charge < -0.3 is 19.7 Å². The molecule has 0 aromatic heterocycles. The fourth-order valence-corrected chi connectivity index (χ4v) is 4.24. The monoisotopic (exact) mass is 399 g/mol. The third kappa shape index (κ3) is 8.79. The van der Waals surface area contributed by atoms with E-state index in [0.717, 1.165) is 32.1 Å². The zero-order chi connectivity index (χ0) is 20.9. The summed E-state index contributed by atoms with van der Waals surface area (Å²) in [6, 6.07) is 0. The fraction of sp³-hybridized carbons (Fsp3) is 0.957. The quantitative estimate of drug-likeness (QED) is 0.227. The van der Waals surface area contributed by atoms with E-state index in [1.54, 1.807) is 0 Å². The molecule has 1 fully saturated rings. The highest BCUT2D eigenvalue weighted by Crippen LogP contribution is 2.26. The highest BCUT2D eigenvalue weighted by atomic mass is 16.6. The number of unbranched alkanes of at least 4 members (excludes halogenated alkanes) is 11. The van der Waals surface area contributed by atoms with Gasteiger partial charge in [0.1, 0.15) is 12.1 Å². The molecular weight excluding hydrogens is 354 g/mol. The molecule has 5 heteroatoms. The van der Waals surface area contributed by atoms with Gasteiger partial charge in [0.25, 0.3) is 0 Å². The van der Waals surface area contributed by atoms with Crippen molar-refractivity contribution in [3.05, 3.63) is 5.21 Å². The van der Waals surface area contributed by atoms with Crippen molar-refractivity contribution in [1.82, 2.24) is 0 Å². The molecule has 1 N–H and O–H groups in total. The molecule has 1 rings (SSSR count). The van der Waals surface area contributed by atoms with Crippen LogP contribution in [0.25, 0.3) is 0 Å². The van der Waals surface area contributed by atoms with Crippen molar-refractivity contribution < 1.29 is 19.3 Å². The number of hydrogen-bond acceptors (Lipinski definition) is 4. The van der Waals surface area contributed by atoms with E-state index in [0.29, 0.717) is 18.1 Å². The largest absolute Gasteiger partial charge is 0.632 e. The molecule has 0 amide bonds. The molecule has 1 aliphatic heterocycles. The maximum Gasteiger partial charge on any atom is 0.305 e. The summed E-state index contributed by atoms with van der Waals surface area (Å²) in [5.74, 6) is -0.0870. The Labute approximate surface area is 173 Å². The Kier molecular flexibility index (Phi) is 12.3. The first-order valence-corrected chi connectivity index (χ1v) is 11.6. The van der Waals surface area contributed by atoms with Gasteiger partial charge in [-0.15, -0.1) is 0 Å². The van der Waals surface area contributed by atoms with E-state index in [9.17, 15) is 10.0 Å². The third-order valence-corrected chi connectivity index (χ3v) is 6.25. The van der Waals surface area contributed by atoms with Crippen LogP contribution in [0.1, 0.15) is 117 Å². The molecule has 2 unspecified atom stereocenters. The number of hydrogen-bond donors (Lipinski definition) is 1. The minimum atomic E-state index is -0.500. The Bertz CT molecular complexity index is 427. The molecule has 5 nitrogen and oxygen atoms in total. The SMILES string of the molecule is CCC1(CCCCCCCCCCCCCCC(=O)OC)OCC(C)(C)[NH+]1[O-]. The summed E-state index contributed by atoms with van der Waals surface area (Å²) >= 11 is 0. The van der Waals surface area contributed by atoms with Crippen LogP contribution in [0.15, 0.2) is 0 Å². The van der Waals surface area contributed by atoms with Crippen molar-refractivity contribution in [3.8, 4) is 0 Å². The van der Waals surface area contributed by atoms with Gasteiger partial charge >= 0.3 is 5.97 Å². The average Bonchev–Trinajstić information content (AvgIpc) is 2.92. The number of quaternary nitrogens is 1. The molecule has 1 saturated heterocycles. The van der Waals surface area contributed by atoms with Crippen LogP contribution in [-0.2, 0) is 14.3 Å². The summed E-state index contributed by atoms with van der Waals surface area (Å²) in [5.41, 5.74) is -0.808. The highest BCUT2D eigenvalue weighted by molar-refractivity contribution is 5.68. The minimum Gasteiger partial charge on any atom is -0.632 e. The maximum atomic E-state index is 12.6. The molecule has 0 bridgehead atoms. The van der Waals surface area contributed by atoms with E-state index in [1.165, 1.54) is 64.9 Å². The maximum absolute atomic E-state index is 12.6. The Hall–Kier alpha value is -0.650. The van der Waals surface area contributed by atoms with Crippen molar-refractivity contribution in [2.45, 2.75) is 128 Å². The average molecular weight is 400 g/mol. The summed E-state index contributed by atoms with van der Waals surface area (Å²) in [4.78, 5) is 11.0. The standard InChI is InChI=1S/C23H45NO4/c1-5-23(24(26)22(2,3)20-28-23)19-17-15-13-11-9-7-6-8-10-12-14-16-18-21(25)27-4/h24H,5-20H2,1-4H3. The number of rotatable bonds is 16. The molecule has 0 radical (unpaired) electrons. The van der Waals surface area contributed by atoms with Crippen molar-refractivity contribution in [2.75, 3.05) is 13.7 Å². The minimum absolute atomic E-state index is 0.0870. The van der Waals surface area contributed by atoms with Crippen molar-refractivity contribution >= 4 is 5.97 Å². The zero-order valence-corrected chi connectivity index (χ0v) is 18.9. The van der Waals surface area contributed by atoms with Crippen LogP contribution < -0.4 is 5.06 Å². The number of carbonyl (C=O) groups is 1. The smallest absolute Gasteiger partial charge is 0.305 e.